The van der Waals surface area contributed by atoms with Crippen molar-refractivity contribution < 1.29 is 14.6 Å². The summed E-state index contributed by atoms with van der Waals surface area (Å²) < 4.78 is 10.3. The first kappa shape index (κ1) is 11.9. The Balaban J connectivity index is 3.36. The van der Waals surface area contributed by atoms with Crippen molar-refractivity contribution in [2.45, 2.75) is 46.7 Å². The molecule has 0 aliphatic carbocycles. The molecule has 0 aliphatic rings. The second-order valence-corrected chi connectivity index (χ2v) is 3.15. The average Bonchev–Trinajstić information content (AvgIpc) is 1.99. The fraction of sp³-hybridized carbons (Fsp3) is 1.00. The lowest BCUT2D eigenvalue weighted by Gasteiger charge is -2.17. The van der Waals surface area contributed by atoms with Crippen LogP contribution in [0.5, 0.6) is 0 Å². The van der Waals surface area contributed by atoms with E-state index in [1.54, 1.807) is 13.8 Å². The summed E-state index contributed by atoms with van der Waals surface area (Å²) in [6.07, 6.45) is 0.0254. The Kier molecular flexibility index (Phi) is 6.34. The molecular formula is C9H20O3. The van der Waals surface area contributed by atoms with Gasteiger partial charge in [-0.2, -0.15) is 0 Å². The van der Waals surface area contributed by atoms with Crippen LogP contribution in [-0.4, -0.2) is 24.3 Å². The van der Waals surface area contributed by atoms with Gasteiger partial charge in [0.25, 0.3) is 0 Å². The molecule has 3 atom stereocenters. The fourth-order valence-corrected chi connectivity index (χ4v) is 0.734. The van der Waals surface area contributed by atoms with E-state index in [1.807, 2.05) is 0 Å². The number of ether oxygens (including phenoxy) is 2. The van der Waals surface area contributed by atoms with Gasteiger partial charge in [0.2, 0.25) is 0 Å². The molecule has 0 heterocycles. The van der Waals surface area contributed by atoms with E-state index in [0.717, 1.165) is 6.42 Å². The minimum absolute atomic E-state index is 0.320. The van der Waals surface area contributed by atoms with Crippen LogP contribution < -0.4 is 0 Å². The lowest BCUT2D eigenvalue weighted by molar-refractivity contribution is -0.216. The Bertz CT molecular complexity index is 104. The summed E-state index contributed by atoms with van der Waals surface area (Å²) in [7, 11) is 0. The topological polar surface area (TPSA) is 38.7 Å². The standard InChI is InChI=1S/C9H20O3/c1-5-7(2)6-11-9(4)12-8(3)10/h7-10H,5-6H2,1-4H3. The summed E-state index contributed by atoms with van der Waals surface area (Å²) in [6.45, 7) is 8.28. The molecule has 0 aromatic carbocycles. The van der Waals surface area contributed by atoms with Crippen LogP contribution in [0.15, 0.2) is 0 Å². The van der Waals surface area contributed by atoms with Crippen molar-refractivity contribution in [1.82, 2.24) is 0 Å². The Labute approximate surface area is 74.7 Å². The van der Waals surface area contributed by atoms with E-state index in [9.17, 15) is 0 Å². The average molecular weight is 176 g/mol. The second kappa shape index (κ2) is 6.40. The van der Waals surface area contributed by atoms with Gasteiger partial charge in [0, 0.05) is 0 Å². The molecule has 0 aliphatic heterocycles. The molecule has 0 amide bonds. The summed E-state index contributed by atoms with van der Waals surface area (Å²) in [5.74, 6) is 0.546. The number of hydrogen-bond acceptors (Lipinski definition) is 3. The van der Waals surface area contributed by atoms with Gasteiger partial charge in [0.15, 0.2) is 12.6 Å². The highest BCUT2D eigenvalue weighted by atomic mass is 16.7. The summed E-state index contributed by atoms with van der Waals surface area (Å²) in [5, 5.41) is 8.84. The van der Waals surface area contributed by atoms with Crippen molar-refractivity contribution >= 4 is 0 Å². The van der Waals surface area contributed by atoms with Gasteiger partial charge < -0.3 is 14.6 Å². The summed E-state index contributed by atoms with van der Waals surface area (Å²) >= 11 is 0. The van der Waals surface area contributed by atoms with Gasteiger partial charge in [-0.1, -0.05) is 20.3 Å². The minimum atomic E-state index is -0.753. The highest BCUT2D eigenvalue weighted by molar-refractivity contribution is 4.46. The van der Waals surface area contributed by atoms with Crippen molar-refractivity contribution in [1.29, 1.82) is 0 Å². The molecule has 1 N–H and O–H groups in total. The van der Waals surface area contributed by atoms with Crippen LogP contribution in [0.1, 0.15) is 34.1 Å². The molecule has 0 saturated carbocycles. The zero-order valence-corrected chi connectivity index (χ0v) is 8.41. The number of rotatable bonds is 6. The molecular weight excluding hydrogens is 156 g/mol. The Morgan fingerprint density at radius 2 is 1.83 bits per heavy atom. The van der Waals surface area contributed by atoms with Crippen molar-refractivity contribution in [3.05, 3.63) is 0 Å². The quantitative estimate of drug-likeness (QED) is 0.627. The zero-order chi connectivity index (χ0) is 9.56. The maximum atomic E-state index is 8.84. The lowest BCUT2D eigenvalue weighted by atomic mass is 10.1. The maximum Gasteiger partial charge on any atom is 0.157 e. The Morgan fingerprint density at radius 1 is 1.25 bits per heavy atom. The molecule has 0 aromatic rings. The number of aliphatic hydroxyl groups excluding tert-OH is 1. The monoisotopic (exact) mass is 176 g/mol. The van der Waals surface area contributed by atoms with Gasteiger partial charge in [-0.25, -0.2) is 0 Å². The first-order valence-corrected chi connectivity index (χ1v) is 4.51. The highest BCUT2D eigenvalue weighted by Crippen LogP contribution is 2.04. The first-order valence-electron chi connectivity index (χ1n) is 4.51. The molecule has 74 valence electrons. The van der Waals surface area contributed by atoms with Gasteiger partial charge in [0.05, 0.1) is 6.61 Å². The molecule has 0 aromatic heterocycles. The third-order valence-corrected chi connectivity index (χ3v) is 1.70. The summed E-state index contributed by atoms with van der Waals surface area (Å²) in [6, 6.07) is 0. The van der Waals surface area contributed by atoms with Gasteiger partial charge in [-0.3, -0.25) is 0 Å². The normalized spacial score (nSPS) is 18.8. The first-order chi connectivity index (χ1) is 5.56. The molecule has 0 saturated heterocycles. The minimum Gasteiger partial charge on any atom is -0.368 e. The van der Waals surface area contributed by atoms with Gasteiger partial charge >= 0.3 is 0 Å². The van der Waals surface area contributed by atoms with Gasteiger partial charge in [0.1, 0.15) is 0 Å². The molecule has 0 spiro atoms. The van der Waals surface area contributed by atoms with Crippen LogP contribution >= 0.6 is 0 Å². The predicted molar refractivity (Wildman–Crippen MR) is 47.6 cm³/mol. The van der Waals surface area contributed by atoms with E-state index < -0.39 is 6.29 Å². The lowest BCUT2D eigenvalue weighted by Crippen LogP contribution is -2.21. The molecule has 12 heavy (non-hydrogen) atoms. The smallest absolute Gasteiger partial charge is 0.157 e. The molecule has 0 fully saturated rings. The van der Waals surface area contributed by atoms with E-state index in [-0.39, 0.29) is 6.29 Å². The summed E-state index contributed by atoms with van der Waals surface area (Å²) in [5.41, 5.74) is 0. The third-order valence-electron chi connectivity index (χ3n) is 1.70. The van der Waals surface area contributed by atoms with E-state index in [4.69, 9.17) is 14.6 Å². The molecule has 3 unspecified atom stereocenters. The third kappa shape index (κ3) is 6.58. The van der Waals surface area contributed by atoms with Crippen LogP contribution in [0.25, 0.3) is 0 Å². The molecule has 0 radical (unpaired) electrons. The van der Waals surface area contributed by atoms with E-state index in [0.29, 0.717) is 12.5 Å². The van der Waals surface area contributed by atoms with Crippen LogP contribution in [-0.2, 0) is 9.47 Å². The SMILES string of the molecule is CCC(C)COC(C)OC(C)O. The Morgan fingerprint density at radius 3 is 2.25 bits per heavy atom. The van der Waals surface area contributed by atoms with Crippen LogP contribution in [0.2, 0.25) is 0 Å². The van der Waals surface area contributed by atoms with Crippen molar-refractivity contribution in [3.63, 3.8) is 0 Å². The van der Waals surface area contributed by atoms with E-state index >= 15 is 0 Å². The number of hydrogen-bond donors (Lipinski definition) is 1. The highest BCUT2D eigenvalue weighted by Gasteiger charge is 2.07. The molecule has 3 nitrogen and oxygen atoms in total. The van der Waals surface area contributed by atoms with Crippen molar-refractivity contribution in [2.75, 3.05) is 6.61 Å². The number of aliphatic hydroxyl groups is 1. The van der Waals surface area contributed by atoms with Crippen molar-refractivity contribution in [3.8, 4) is 0 Å². The van der Waals surface area contributed by atoms with E-state index in [2.05, 4.69) is 13.8 Å². The van der Waals surface area contributed by atoms with Crippen molar-refractivity contribution in [2.24, 2.45) is 5.92 Å². The summed E-state index contributed by atoms with van der Waals surface area (Å²) in [4.78, 5) is 0. The zero-order valence-electron chi connectivity index (χ0n) is 8.41. The van der Waals surface area contributed by atoms with Gasteiger partial charge in [-0.15, -0.1) is 0 Å². The van der Waals surface area contributed by atoms with Crippen LogP contribution in [0.4, 0.5) is 0 Å². The largest absolute Gasteiger partial charge is 0.368 e. The van der Waals surface area contributed by atoms with Crippen LogP contribution in [0.3, 0.4) is 0 Å². The molecule has 0 bridgehead atoms. The molecule has 3 heteroatoms. The predicted octanol–water partition coefficient (Wildman–Crippen LogP) is 1.75. The fourth-order valence-electron chi connectivity index (χ4n) is 0.734. The van der Waals surface area contributed by atoms with E-state index in [1.165, 1.54) is 0 Å². The Hall–Kier alpha value is -0.120. The second-order valence-electron chi connectivity index (χ2n) is 3.15. The molecule has 0 rings (SSSR count). The van der Waals surface area contributed by atoms with Gasteiger partial charge in [-0.05, 0) is 19.8 Å². The maximum absolute atomic E-state index is 8.84. The van der Waals surface area contributed by atoms with Crippen LogP contribution in [0, 0.1) is 5.92 Å².